The minimum atomic E-state index is -1.12. The highest BCUT2D eigenvalue weighted by Gasteiger charge is 2.46. The van der Waals surface area contributed by atoms with Gasteiger partial charge in [-0.25, -0.2) is 4.79 Å². The van der Waals surface area contributed by atoms with Gasteiger partial charge in [-0.1, -0.05) is 19.3 Å². The Morgan fingerprint density at radius 2 is 1.85 bits per heavy atom. The zero-order chi connectivity index (χ0) is 9.31. The van der Waals surface area contributed by atoms with Crippen molar-refractivity contribution < 1.29 is 14.6 Å². The minimum Gasteiger partial charge on any atom is -0.450 e. The summed E-state index contributed by atoms with van der Waals surface area (Å²) >= 11 is 0. The molecule has 1 N–H and O–H groups in total. The molecule has 0 aliphatic heterocycles. The average molecular weight is 184 g/mol. The first kappa shape index (κ1) is 8.85. The van der Waals surface area contributed by atoms with Crippen LogP contribution in [0.15, 0.2) is 0 Å². The Kier molecular flexibility index (Phi) is 2.18. The predicted molar refractivity (Wildman–Crippen MR) is 47.6 cm³/mol. The Bertz CT molecular complexity index is 198. The van der Waals surface area contributed by atoms with Crippen molar-refractivity contribution in [2.24, 2.45) is 5.41 Å². The van der Waals surface area contributed by atoms with Gasteiger partial charge in [-0.15, -0.1) is 0 Å². The standard InChI is InChI=1S/C10H16O3/c11-9(12)13-8-6-10(7-8)4-2-1-3-5-10/h8H,1-7H2,(H,11,12). The molecule has 2 rings (SSSR count). The highest BCUT2D eigenvalue weighted by molar-refractivity contribution is 5.57. The number of rotatable bonds is 1. The molecular formula is C10H16O3. The molecule has 2 fully saturated rings. The predicted octanol–water partition coefficient (Wildman–Crippen LogP) is 2.79. The van der Waals surface area contributed by atoms with Crippen molar-refractivity contribution in [2.75, 3.05) is 0 Å². The number of carbonyl (C=O) groups is 1. The first-order chi connectivity index (χ1) is 6.20. The van der Waals surface area contributed by atoms with Crippen LogP contribution in [0.5, 0.6) is 0 Å². The van der Waals surface area contributed by atoms with Crippen LogP contribution in [-0.2, 0) is 4.74 Å². The Hall–Kier alpha value is -0.730. The van der Waals surface area contributed by atoms with Gasteiger partial charge in [0.05, 0.1) is 0 Å². The molecule has 2 aliphatic rings. The summed E-state index contributed by atoms with van der Waals surface area (Å²) in [7, 11) is 0. The van der Waals surface area contributed by atoms with E-state index < -0.39 is 6.16 Å². The lowest BCUT2D eigenvalue weighted by atomic mass is 9.59. The second kappa shape index (κ2) is 3.20. The third kappa shape index (κ3) is 1.79. The van der Waals surface area contributed by atoms with Crippen molar-refractivity contribution in [1.82, 2.24) is 0 Å². The summed E-state index contributed by atoms with van der Waals surface area (Å²) in [5, 5.41) is 8.41. The Labute approximate surface area is 78.1 Å². The molecule has 0 aromatic rings. The molecule has 0 heterocycles. The fourth-order valence-corrected chi connectivity index (χ4v) is 2.84. The Balaban J connectivity index is 1.78. The lowest BCUT2D eigenvalue weighted by Gasteiger charge is -2.49. The van der Waals surface area contributed by atoms with Gasteiger partial charge in [0, 0.05) is 0 Å². The second-order valence-corrected chi connectivity index (χ2v) is 4.47. The molecule has 0 bridgehead atoms. The van der Waals surface area contributed by atoms with Crippen molar-refractivity contribution >= 4 is 6.16 Å². The molecule has 0 saturated heterocycles. The van der Waals surface area contributed by atoms with E-state index in [2.05, 4.69) is 0 Å². The molecule has 0 unspecified atom stereocenters. The van der Waals surface area contributed by atoms with Crippen molar-refractivity contribution in [3.63, 3.8) is 0 Å². The summed E-state index contributed by atoms with van der Waals surface area (Å²) in [6.07, 6.45) is 7.38. The van der Waals surface area contributed by atoms with Gasteiger partial charge in [-0.05, 0) is 31.1 Å². The van der Waals surface area contributed by atoms with E-state index in [9.17, 15) is 4.79 Å². The van der Waals surface area contributed by atoms with E-state index in [-0.39, 0.29) is 6.10 Å². The molecule has 2 aliphatic carbocycles. The fraction of sp³-hybridized carbons (Fsp3) is 0.900. The van der Waals surface area contributed by atoms with Crippen LogP contribution < -0.4 is 0 Å². The summed E-state index contributed by atoms with van der Waals surface area (Å²) in [6, 6.07) is 0. The van der Waals surface area contributed by atoms with Gasteiger partial charge in [0.15, 0.2) is 0 Å². The number of carboxylic acid groups (broad SMARTS) is 1. The van der Waals surface area contributed by atoms with Gasteiger partial charge in [-0.3, -0.25) is 0 Å². The van der Waals surface area contributed by atoms with Gasteiger partial charge < -0.3 is 9.84 Å². The van der Waals surface area contributed by atoms with E-state index in [1.54, 1.807) is 0 Å². The molecule has 3 nitrogen and oxygen atoms in total. The second-order valence-electron chi connectivity index (χ2n) is 4.47. The van der Waals surface area contributed by atoms with Gasteiger partial charge in [-0.2, -0.15) is 0 Å². The minimum absolute atomic E-state index is 0.00407. The molecule has 0 aromatic heterocycles. The average Bonchev–Trinajstić information content (AvgIpc) is 2.02. The van der Waals surface area contributed by atoms with E-state index in [0.717, 1.165) is 12.8 Å². The molecule has 0 atom stereocenters. The summed E-state index contributed by atoms with van der Waals surface area (Å²) < 4.78 is 4.73. The van der Waals surface area contributed by atoms with Crippen LogP contribution in [0, 0.1) is 5.41 Å². The van der Waals surface area contributed by atoms with Crippen molar-refractivity contribution in [3.8, 4) is 0 Å². The van der Waals surface area contributed by atoms with Crippen LogP contribution in [0.2, 0.25) is 0 Å². The molecule has 2 saturated carbocycles. The Morgan fingerprint density at radius 3 is 2.38 bits per heavy atom. The van der Waals surface area contributed by atoms with Gasteiger partial charge >= 0.3 is 6.16 Å². The van der Waals surface area contributed by atoms with Crippen LogP contribution in [0.1, 0.15) is 44.9 Å². The highest BCUT2D eigenvalue weighted by Crippen LogP contribution is 2.52. The molecule has 74 valence electrons. The van der Waals surface area contributed by atoms with Crippen LogP contribution in [0.25, 0.3) is 0 Å². The lowest BCUT2D eigenvalue weighted by molar-refractivity contribution is -0.0743. The van der Waals surface area contributed by atoms with Crippen LogP contribution in [-0.4, -0.2) is 17.4 Å². The zero-order valence-electron chi connectivity index (χ0n) is 7.79. The first-order valence-electron chi connectivity index (χ1n) is 5.10. The fourth-order valence-electron chi connectivity index (χ4n) is 2.84. The lowest BCUT2D eigenvalue weighted by Crippen LogP contribution is -2.44. The summed E-state index contributed by atoms with van der Waals surface area (Å²) in [4.78, 5) is 10.3. The van der Waals surface area contributed by atoms with Gasteiger partial charge in [0.1, 0.15) is 6.10 Å². The van der Waals surface area contributed by atoms with Crippen LogP contribution >= 0.6 is 0 Å². The molecule has 0 radical (unpaired) electrons. The number of hydrogen-bond acceptors (Lipinski definition) is 2. The summed E-state index contributed by atoms with van der Waals surface area (Å²) in [6.45, 7) is 0. The summed E-state index contributed by atoms with van der Waals surface area (Å²) in [5.41, 5.74) is 0.471. The molecule has 0 amide bonds. The topological polar surface area (TPSA) is 46.5 Å². The monoisotopic (exact) mass is 184 g/mol. The summed E-state index contributed by atoms with van der Waals surface area (Å²) in [5.74, 6) is 0. The third-order valence-electron chi connectivity index (χ3n) is 3.50. The van der Waals surface area contributed by atoms with Crippen molar-refractivity contribution in [2.45, 2.75) is 51.0 Å². The van der Waals surface area contributed by atoms with Gasteiger partial charge in [0.25, 0.3) is 0 Å². The quantitative estimate of drug-likeness (QED) is 0.637. The smallest absolute Gasteiger partial charge is 0.450 e. The molecular weight excluding hydrogens is 168 g/mol. The van der Waals surface area contributed by atoms with E-state index >= 15 is 0 Å². The van der Waals surface area contributed by atoms with Gasteiger partial charge in [0.2, 0.25) is 0 Å². The highest BCUT2D eigenvalue weighted by atomic mass is 16.7. The van der Waals surface area contributed by atoms with E-state index in [1.807, 2.05) is 0 Å². The van der Waals surface area contributed by atoms with Crippen molar-refractivity contribution in [1.29, 1.82) is 0 Å². The SMILES string of the molecule is O=C(O)OC1CC2(CCCCC2)C1. The zero-order valence-corrected chi connectivity index (χ0v) is 7.79. The largest absolute Gasteiger partial charge is 0.506 e. The molecule has 0 aromatic carbocycles. The van der Waals surface area contributed by atoms with E-state index in [1.165, 1.54) is 32.1 Å². The van der Waals surface area contributed by atoms with Crippen LogP contribution in [0.4, 0.5) is 4.79 Å². The Morgan fingerprint density at radius 1 is 1.23 bits per heavy atom. The van der Waals surface area contributed by atoms with E-state index in [4.69, 9.17) is 9.84 Å². The third-order valence-corrected chi connectivity index (χ3v) is 3.50. The molecule has 1 spiro atoms. The van der Waals surface area contributed by atoms with Crippen LogP contribution in [0.3, 0.4) is 0 Å². The molecule has 3 heteroatoms. The maximum atomic E-state index is 10.3. The van der Waals surface area contributed by atoms with E-state index in [0.29, 0.717) is 5.41 Å². The normalized spacial score (nSPS) is 26.8. The maximum absolute atomic E-state index is 10.3. The van der Waals surface area contributed by atoms with Crippen molar-refractivity contribution in [3.05, 3.63) is 0 Å². The molecule has 13 heavy (non-hydrogen) atoms. The number of ether oxygens (including phenoxy) is 1. The first-order valence-corrected chi connectivity index (χ1v) is 5.10. The number of hydrogen-bond donors (Lipinski definition) is 1. The maximum Gasteiger partial charge on any atom is 0.506 e.